The van der Waals surface area contributed by atoms with Gasteiger partial charge < -0.3 is 19.9 Å². The maximum absolute atomic E-state index is 14.6. The zero-order chi connectivity index (χ0) is 26.7. The maximum Gasteiger partial charge on any atom is 0.339 e. The van der Waals surface area contributed by atoms with E-state index < -0.39 is 23.7 Å². The first kappa shape index (κ1) is 26.5. The average Bonchev–Trinajstić information content (AvgIpc) is 2.84. The second-order valence-electron chi connectivity index (χ2n) is 10.0. The van der Waals surface area contributed by atoms with E-state index in [2.05, 4.69) is 15.1 Å². The van der Waals surface area contributed by atoms with E-state index in [0.29, 0.717) is 5.69 Å². The molecular weight excluding hydrogens is 469 g/mol. The van der Waals surface area contributed by atoms with Crippen LogP contribution in [0.2, 0.25) is 0 Å². The van der Waals surface area contributed by atoms with E-state index in [0.717, 1.165) is 41.4 Å². The molecule has 0 fully saturated rings. The van der Waals surface area contributed by atoms with Gasteiger partial charge in [-0.1, -0.05) is 48.5 Å². The van der Waals surface area contributed by atoms with Gasteiger partial charge in [0.15, 0.2) is 5.78 Å². The molecule has 4 rings (SSSR count). The standard InChI is InChI=1S/C30H34FN3O3/c1-6-37-30(36)24-15-23(31)16-25-27(24)29(35)26(21-11-7-19(8-12-21)17-33(2)3)28(32-25)22-13-9-20(10-14-22)18-34(4)5/h7-16,26,28,32H,6,17-18H2,1-5H3. The van der Waals surface area contributed by atoms with Crippen LogP contribution in [0.15, 0.2) is 60.7 Å². The number of anilines is 1. The molecule has 1 heterocycles. The highest BCUT2D eigenvalue weighted by molar-refractivity contribution is 6.14. The van der Waals surface area contributed by atoms with Gasteiger partial charge in [-0.15, -0.1) is 0 Å². The molecule has 2 unspecified atom stereocenters. The quantitative estimate of drug-likeness (QED) is 0.423. The van der Waals surface area contributed by atoms with Crippen LogP contribution in [0.25, 0.3) is 0 Å². The van der Waals surface area contributed by atoms with Crippen molar-refractivity contribution in [2.24, 2.45) is 0 Å². The van der Waals surface area contributed by atoms with Gasteiger partial charge in [-0.2, -0.15) is 0 Å². The average molecular weight is 504 g/mol. The molecule has 2 atom stereocenters. The summed E-state index contributed by atoms with van der Waals surface area (Å²) in [5, 5.41) is 3.39. The minimum Gasteiger partial charge on any atom is -0.462 e. The van der Waals surface area contributed by atoms with E-state index in [1.807, 2.05) is 76.7 Å². The largest absolute Gasteiger partial charge is 0.462 e. The first-order valence-corrected chi connectivity index (χ1v) is 12.5. The van der Waals surface area contributed by atoms with Gasteiger partial charge in [0.05, 0.1) is 29.7 Å². The van der Waals surface area contributed by atoms with Gasteiger partial charge in [-0.25, -0.2) is 9.18 Å². The summed E-state index contributed by atoms with van der Waals surface area (Å²) >= 11 is 0. The Bertz CT molecular complexity index is 1270. The molecule has 0 saturated heterocycles. The van der Waals surface area contributed by atoms with E-state index in [-0.39, 0.29) is 23.5 Å². The predicted octanol–water partition coefficient (Wildman–Crippen LogP) is 5.26. The lowest BCUT2D eigenvalue weighted by Crippen LogP contribution is -2.33. The van der Waals surface area contributed by atoms with Crippen molar-refractivity contribution in [2.75, 3.05) is 40.1 Å². The second kappa shape index (κ2) is 11.2. The van der Waals surface area contributed by atoms with Crippen molar-refractivity contribution in [3.05, 3.63) is 99.9 Å². The van der Waals surface area contributed by atoms with Crippen molar-refractivity contribution in [2.45, 2.75) is 32.0 Å². The van der Waals surface area contributed by atoms with Crippen LogP contribution in [0, 0.1) is 5.82 Å². The van der Waals surface area contributed by atoms with Crippen LogP contribution in [0.1, 0.15) is 61.9 Å². The Morgan fingerprint density at radius 1 is 0.892 bits per heavy atom. The molecule has 1 N–H and O–H groups in total. The SMILES string of the molecule is CCOC(=O)c1cc(F)cc2c1C(=O)C(c1ccc(CN(C)C)cc1)C(c1ccc(CN(C)C)cc1)N2. The minimum absolute atomic E-state index is 0.0524. The van der Waals surface area contributed by atoms with Crippen LogP contribution >= 0.6 is 0 Å². The summed E-state index contributed by atoms with van der Waals surface area (Å²) in [6.07, 6.45) is 0. The number of nitrogens with zero attached hydrogens (tertiary/aromatic N) is 2. The molecule has 1 aliphatic rings. The molecule has 6 nitrogen and oxygen atoms in total. The van der Waals surface area contributed by atoms with Gasteiger partial charge in [0.25, 0.3) is 0 Å². The Morgan fingerprint density at radius 3 is 1.95 bits per heavy atom. The topological polar surface area (TPSA) is 61.9 Å². The van der Waals surface area contributed by atoms with Gasteiger partial charge in [0.2, 0.25) is 0 Å². The number of Topliss-reactive ketones (excluding diaryl/α,β-unsaturated/α-hetero) is 1. The van der Waals surface area contributed by atoms with Gasteiger partial charge in [-0.3, -0.25) is 4.79 Å². The molecule has 0 bridgehead atoms. The molecule has 0 aromatic heterocycles. The molecule has 0 spiro atoms. The molecule has 1 aliphatic heterocycles. The summed E-state index contributed by atoms with van der Waals surface area (Å²) in [4.78, 5) is 31.0. The number of carbonyl (C=O) groups is 2. The van der Waals surface area contributed by atoms with Crippen LogP contribution in [0.4, 0.5) is 10.1 Å². The number of hydrogen-bond donors (Lipinski definition) is 1. The second-order valence-corrected chi connectivity index (χ2v) is 10.0. The highest BCUT2D eigenvalue weighted by Crippen LogP contribution is 2.44. The number of benzene rings is 3. The highest BCUT2D eigenvalue weighted by Gasteiger charge is 2.40. The monoisotopic (exact) mass is 503 g/mol. The fourth-order valence-corrected chi connectivity index (χ4v) is 4.92. The molecule has 0 aliphatic carbocycles. The number of esters is 1. The van der Waals surface area contributed by atoms with E-state index in [4.69, 9.17) is 4.74 Å². The molecule has 0 amide bonds. The Kier molecular flexibility index (Phi) is 8.05. The first-order valence-electron chi connectivity index (χ1n) is 12.5. The third-order valence-electron chi connectivity index (χ3n) is 6.45. The van der Waals surface area contributed by atoms with Crippen LogP contribution in [0.3, 0.4) is 0 Å². The predicted molar refractivity (Wildman–Crippen MR) is 143 cm³/mol. The third kappa shape index (κ3) is 5.89. The molecule has 7 heteroatoms. The Balaban J connectivity index is 1.82. The zero-order valence-corrected chi connectivity index (χ0v) is 22.0. The summed E-state index contributed by atoms with van der Waals surface area (Å²) < 4.78 is 19.7. The van der Waals surface area contributed by atoms with Crippen molar-refractivity contribution >= 4 is 17.4 Å². The summed E-state index contributed by atoms with van der Waals surface area (Å²) in [5.41, 5.74) is 4.43. The van der Waals surface area contributed by atoms with Crippen LogP contribution in [-0.4, -0.2) is 56.3 Å². The van der Waals surface area contributed by atoms with Gasteiger partial charge in [0, 0.05) is 18.8 Å². The molecule has 194 valence electrons. The number of nitrogens with one attached hydrogen (secondary N) is 1. The fourth-order valence-electron chi connectivity index (χ4n) is 4.92. The minimum atomic E-state index is -0.708. The number of rotatable bonds is 8. The molecule has 3 aromatic carbocycles. The number of carbonyl (C=O) groups excluding carboxylic acids is 2. The Hall–Kier alpha value is -3.55. The van der Waals surface area contributed by atoms with Crippen molar-refractivity contribution in [3.63, 3.8) is 0 Å². The summed E-state index contributed by atoms with van der Waals surface area (Å²) in [5.74, 6) is -2.16. The number of fused-ring (bicyclic) bond motifs is 1. The normalized spacial score (nSPS) is 17.0. The Labute approximate surface area is 218 Å². The summed E-state index contributed by atoms with van der Waals surface area (Å²) in [7, 11) is 8.03. The number of ketones is 1. The number of halogens is 1. The van der Waals surface area contributed by atoms with Gasteiger partial charge in [-0.05, 0) is 69.5 Å². The highest BCUT2D eigenvalue weighted by atomic mass is 19.1. The lowest BCUT2D eigenvalue weighted by molar-refractivity contribution is 0.0522. The molecular formula is C30H34FN3O3. The van der Waals surface area contributed by atoms with E-state index >= 15 is 0 Å². The zero-order valence-electron chi connectivity index (χ0n) is 22.0. The maximum atomic E-state index is 14.6. The van der Waals surface area contributed by atoms with Gasteiger partial charge in [0.1, 0.15) is 5.82 Å². The van der Waals surface area contributed by atoms with Crippen molar-refractivity contribution in [1.82, 2.24) is 9.80 Å². The van der Waals surface area contributed by atoms with Crippen LogP contribution in [-0.2, 0) is 17.8 Å². The molecule has 0 radical (unpaired) electrons. The van der Waals surface area contributed by atoms with Gasteiger partial charge >= 0.3 is 5.97 Å². The van der Waals surface area contributed by atoms with Crippen molar-refractivity contribution in [1.29, 1.82) is 0 Å². The lowest BCUT2D eigenvalue weighted by Gasteiger charge is -2.35. The molecule has 3 aromatic rings. The number of hydrogen-bond acceptors (Lipinski definition) is 6. The van der Waals surface area contributed by atoms with Crippen molar-refractivity contribution in [3.8, 4) is 0 Å². The van der Waals surface area contributed by atoms with E-state index in [9.17, 15) is 14.0 Å². The van der Waals surface area contributed by atoms with Crippen molar-refractivity contribution < 1.29 is 18.7 Å². The van der Waals surface area contributed by atoms with Crippen LogP contribution < -0.4 is 5.32 Å². The van der Waals surface area contributed by atoms with E-state index in [1.54, 1.807) is 6.92 Å². The molecule has 0 saturated carbocycles. The summed E-state index contributed by atoms with van der Waals surface area (Å²) in [6.45, 7) is 3.39. The lowest BCUT2D eigenvalue weighted by atomic mass is 9.77. The summed E-state index contributed by atoms with van der Waals surface area (Å²) in [6, 6.07) is 18.0. The van der Waals surface area contributed by atoms with E-state index in [1.165, 1.54) is 6.07 Å². The number of ether oxygens (including phenoxy) is 1. The third-order valence-corrected chi connectivity index (χ3v) is 6.45. The fraction of sp³-hybridized carbons (Fsp3) is 0.333. The Morgan fingerprint density at radius 2 is 1.43 bits per heavy atom. The first-order chi connectivity index (χ1) is 17.7. The smallest absolute Gasteiger partial charge is 0.339 e. The van der Waals surface area contributed by atoms with Crippen LogP contribution in [0.5, 0.6) is 0 Å². The molecule has 37 heavy (non-hydrogen) atoms.